The van der Waals surface area contributed by atoms with Crippen LogP contribution in [-0.2, 0) is 14.8 Å². The van der Waals surface area contributed by atoms with Crippen LogP contribution in [0.5, 0.6) is 0 Å². The molecular formula is C20H30FN3O3S. The molecule has 8 heteroatoms. The van der Waals surface area contributed by atoms with Crippen molar-refractivity contribution in [1.29, 1.82) is 0 Å². The molecule has 2 fully saturated rings. The SMILES string of the molecule is O=C(NCCCN1CCCCC1)C1CCCN(S(=O)(=O)c2ccc(F)cc2)C1. The van der Waals surface area contributed by atoms with Gasteiger partial charge < -0.3 is 10.2 Å². The third-order valence-electron chi connectivity index (χ3n) is 5.61. The van der Waals surface area contributed by atoms with E-state index in [0.29, 0.717) is 25.9 Å². The second-order valence-corrected chi connectivity index (χ2v) is 9.64. The minimum Gasteiger partial charge on any atom is -0.356 e. The van der Waals surface area contributed by atoms with Gasteiger partial charge in [-0.1, -0.05) is 6.42 Å². The summed E-state index contributed by atoms with van der Waals surface area (Å²) in [7, 11) is -3.70. The molecule has 2 aliphatic rings. The van der Waals surface area contributed by atoms with Gasteiger partial charge in [-0.25, -0.2) is 12.8 Å². The summed E-state index contributed by atoms with van der Waals surface area (Å²) >= 11 is 0. The highest BCUT2D eigenvalue weighted by Gasteiger charge is 2.33. The smallest absolute Gasteiger partial charge is 0.243 e. The first-order valence-electron chi connectivity index (χ1n) is 10.2. The minimum absolute atomic E-state index is 0.0662. The first kappa shape index (κ1) is 21.2. The Labute approximate surface area is 167 Å². The van der Waals surface area contributed by atoms with Crippen LogP contribution in [0.25, 0.3) is 0 Å². The number of amides is 1. The third-order valence-corrected chi connectivity index (χ3v) is 7.48. The molecule has 2 saturated heterocycles. The number of halogens is 1. The topological polar surface area (TPSA) is 69.7 Å². The Kier molecular flexibility index (Phi) is 7.42. The molecular weight excluding hydrogens is 381 g/mol. The van der Waals surface area contributed by atoms with Crippen molar-refractivity contribution in [2.24, 2.45) is 5.92 Å². The first-order valence-corrected chi connectivity index (χ1v) is 11.7. The van der Waals surface area contributed by atoms with Gasteiger partial charge in [0.1, 0.15) is 5.82 Å². The molecule has 2 aliphatic heterocycles. The molecule has 0 saturated carbocycles. The van der Waals surface area contributed by atoms with Gasteiger partial charge in [0.2, 0.25) is 15.9 Å². The third kappa shape index (κ3) is 5.52. The van der Waals surface area contributed by atoms with E-state index in [1.165, 1.54) is 35.7 Å². The van der Waals surface area contributed by atoms with E-state index in [0.717, 1.165) is 38.2 Å². The number of nitrogens with zero attached hydrogens (tertiary/aromatic N) is 2. The van der Waals surface area contributed by atoms with Crippen LogP contribution in [0, 0.1) is 11.7 Å². The Morgan fingerprint density at radius 3 is 2.50 bits per heavy atom. The van der Waals surface area contributed by atoms with Gasteiger partial charge in [-0.05, 0) is 76.0 Å². The van der Waals surface area contributed by atoms with E-state index in [9.17, 15) is 17.6 Å². The summed E-state index contributed by atoms with van der Waals surface area (Å²) in [5.41, 5.74) is 0. The molecule has 0 aromatic heterocycles. The Bertz CT molecular complexity index is 748. The lowest BCUT2D eigenvalue weighted by molar-refractivity contribution is -0.126. The summed E-state index contributed by atoms with van der Waals surface area (Å²) in [6, 6.07) is 4.83. The highest BCUT2D eigenvalue weighted by atomic mass is 32.2. The lowest BCUT2D eigenvalue weighted by Gasteiger charge is -2.31. The lowest BCUT2D eigenvalue weighted by atomic mass is 9.99. The highest BCUT2D eigenvalue weighted by molar-refractivity contribution is 7.89. The maximum absolute atomic E-state index is 13.1. The first-order chi connectivity index (χ1) is 13.5. The summed E-state index contributed by atoms with van der Waals surface area (Å²) in [4.78, 5) is 15.0. The van der Waals surface area contributed by atoms with Crippen LogP contribution in [0.15, 0.2) is 29.2 Å². The monoisotopic (exact) mass is 411 g/mol. The van der Waals surface area contributed by atoms with Crippen molar-refractivity contribution in [2.45, 2.75) is 43.4 Å². The molecule has 0 aliphatic carbocycles. The van der Waals surface area contributed by atoms with Crippen molar-refractivity contribution in [3.8, 4) is 0 Å². The number of carbonyl (C=O) groups excluding carboxylic acids is 1. The number of nitrogens with one attached hydrogen (secondary N) is 1. The molecule has 1 aromatic rings. The molecule has 1 aromatic carbocycles. The molecule has 1 amide bonds. The summed E-state index contributed by atoms with van der Waals surface area (Å²) in [5.74, 6) is -0.879. The number of sulfonamides is 1. The average Bonchev–Trinajstić information content (AvgIpc) is 2.72. The number of likely N-dealkylation sites (tertiary alicyclic amines) is 1. The van der Waals surface area contributed by atoms with Crippen LogP contribution in [-0.4, -0.2) is 62.8 Å². The zero-order chi connectivity index (χ0) is 20.0. The zero-order valence-electron chi connectivity index (χ0n) is 16.3. The van der Waals surface area contributed by atoms with E-state index in [2.05, 4.69) is 10.2 Å². The number of hydrogen-bond donors (Lipinski definition) is 1. The quantitative estimate of drug-likeness (QED) is 0.699. The molecule has 156 valence electrons. The van der Waals surface area contributed by atoms with E-state index < -0.39 is 15.8 Å². The summed E-state index contributed by atoms with van der Waals surface area (Å²) in [5, 5.41) is 2.97. The van der Waals surface area contributed by atoms with Crippen molar-refractivity contribution >= 4 is 15.9 Å². The predicted molar refractivity (Wildman–Crippen MR) is 106 cm³/mol. The maximum atomic E-state index is 13.1. The Morgan fingerprint density at radius 1 is 1.07 bits per heavy atom. The van der Waals surface area contributed by atoms with Crippen molar-refractivity contribution in [1.82, 2.24) is 14.5 Å². The van der Waals surface area contributed by atoms with Crippen molar-refractivity contribution < 1.29 is 17.6 Å². The number of rotatable bonds is 7. The van der Waals surface area contributed by atoms with Crippen LogP contribution >= 0.6 is 0 Å². The molecule has 2 heterocycles. The average molecular weight is 412 g/mol. The second kappa shape index (κ2) is 9.80. The molecule has 0 bridgehead atoms. The molecule has 1 atom stereocenters. The van der Waals surface area contributed by atoms with Gasteiger partial charge in [0, 0.05) is 19.6 Å². The molecule has 3 rings (SSSR count). The molecule has 6 nitrogen and oxygen atoms in total. The van der Waals surface area contributed by atoms with E-state index in [-0.39, 0.29) is 23.3 Å². The van der Waals surface area contributed by atoms with Crippen LogP contribution in [0.4, 0.5) is 4.39 Å². The van der Waals surface area contributed by atoms with Gasteiger partial charge in [0.15, 0.2) is 0 Å². The largest absolute Gasteiger partial charge is 0.356 e. The molecule has 1 unspecified atom stereocenters. The Hall–Kier alpha value is -1.51. The van der Waals surface area contributed by atoms with Gasteiger partial charge in [-0.2, -0.15) is 4.31 Å². The minimum atomic E-state index is -3.70. The van der Waals surface area contributed by atoms with E-state index in [1.54, 1.807) is 0 Å². The molecule has 28 heavy (non-hydrogen) atoms. The summed E-state index contributed by atoms with van der Waals surface area (Å²) in [6.07, 6.45) is 6.07. The van der Waals surface area contributed by atoms with Gasteiger partial charge >= 0.3 is 0 Å². The normalized spacial score (nSPS) is 22.1. The summed E-state index contributed by atoms with van der Waals surface area (Å²) in [6.45, 7) is 4.47. The maximum Gasteiger partial charge on any atom is 0.243 e. The second-order valence-electron chi connectivity index (χ2n) is 7.70. The van der Waals surface area contributed by atoms with Crippen molar-refractivity contribution in [2.75, 3.05) is 39.3 Å². The van der Waals surface area contributed by atoms with Gasteiger partial charge in [-0.3, -0.25) is 4.79 Å². The molecule has 0 spiro atoms. The fraction of sp³-hybridized carbons (Fsp3) is 0.650. The fourth-order valence-corrected chi connectivity index (χ4v) is 5.50. The zero-order valence-corrected chi connectivity index (χ0v) is 17.1. The van der Waals surface area contributed by atoms with E-state index in [1.807, 2.05) is 0 Å². The van der Waals surface area contributed by atoms with Crippen molar-refractivity contribution in [3.05, 3.63) is 30.1 Å². The lowest BCUT2D eigenvalue weighted by Crippen LogP contribution is -2.45. The van der Waals surface area contributed by atoms with Crippen LogP contribution in [0.2, 0.25) is 0 Å². The van der Waals surface area contributed by atoms with Crippen LogP contribution in [0.3, 0.4) is 0 Å². The Morgan fingerprint density at radius 2 is 1.79 bits per heavy atom. The number of carbonyl (C=O) groups is 1. The van der Waals surface area contributed by atoms with E-state index >= 15 is 0 Å². The Balaban J connectivity index is 1.48. The molecule has 0 radical (unpaired) electrons. The van der Waals surface area contributed by atoms with Gasteiger partial charge in [0.05, 0.1) is 10.8 Å². The predicted octanol–water partition coefficient (Wildman–Crippen LogP) is 2.22. The van der Waals surface area contributed by atoms with Crippen LogP contribution in [0.1, 0.15) is 38.5 Å². The van der Waals surface area contributed by atoms with Gasteiger partial charge in [-0.15, -0.1) is 0 Å². The standard InChI is InChI=1S/C20H30FN3O3S/c21-18-7-9-19(10-8-18)28(26,27)24-15-4-6-17(16-24)20(25)22-11-5-14-23-12-2-1-3-13-23/h7-10,17H,1-6,11-16H2,(H,22,25). The van der Waals surface area contributed by atoms with Crippen molar-refractivity contribution in [3.63, 3.8) is 0 Å². The fourth-order valence-electron chi connectivity index (χ4n) is 3.97. The molecule has 1 N–H and O–H groups in total. The number of piperidine rings is 2. The van der Waals surface area contributed by atoms with Crippen LogP contribution < -0.4 is 5.32 Å². The number of hydrogen-bond acceptors (Lipinski definition) is 4. The summed E-state index contributed by atoms with van der Waals surface area (Å²) < 4.78 is 40.0. The highest BCUT2D eigenvalue weighted by Crippen LogP contribution is 2.24. The van der Waals surface area contributed by atoms with Gasteiger partial charge in [0.25, 0.3) is 0 Å². The number of benzene rings is 1. The van der Waals surface area contributed by atoms with E-state index in [4.69, 9.17) is 0 Å².